The van der Waals surface area contributed by atoms with E-state index in [2.05, 4.69) is 50.3 Å². The van der Waals surface area contributed by atoms with Crippen LogP contribution < -0.4 is 10.6 Å². The molecular weight excluding hydrogens is 835 g/mol. The summed E-state index contributed by atoms with van der Waals surface area (Å²) in [5.41, 5.74) is 0. The highest BCUT2D eigenvalue weighted by molar-refractivity contribution is 7.99. The summed E-state index contributed by atoms with van der Waals surface area (Å²) in [6.07, 6.45) is 48.8. The van der Waals surface area contributed by atoms with Gasteiger partial charge in [-0.3, -0.25) is 14.4 Å². The van der Waals surface area contributed by atoms with Crippen molar-refractivity contribution in [3.05, 3.63) is 0 Å². The number of nitrogens with one attached hydrogen (secondary N) is 2. The molecule has 390 valence electrons. The second kappa shape index (κ2) is 47.4. The van der Waals surface area contributed by atoms with E-state index in [-0.39, 0.29) is 23.7 Å². The summed E-state index contributed by atoms with van der Waals surface area (Å²) < 4.78 is 5.96. The first-order valence-corrected chi connectivity index (χ1v) is 30.5. The zero-order valence-electron chi connectivity index (χ0n) is 44.8. The molecule has 1 heterocycles. The van der Waals surface area contributed by atoms with Crippen LogP contribution in [0.5, 0.6) is 0 Å². The molecule has 1 fully saturated rings. The van der Waals surface area contributed by atoms with E-state index in [1.54, 1.807) is 11.8 Å². The van der Waals surface area contributed by atoms with Crippen LogP contribution in [0.1, 0.15) is 285 Å². The quantitative estimate of drug-likeness (QED) is 0.0467. The van der Waals surface area contributed by atoms with Crippen LogP contribution in [0.25, 0.3) is 0 Å². The van der Waals surface area contributed by atoms with Crippen LogP contribution in [0.2, 0.25) is 0 Å². The van der Waals surface area contributed by atoms with E-state index in [0.717, 1.165) is 57.4 Å². The van der Waals surface area contributed by atoms with Crippen LogP contribution in [0, 0.1) is 17.8 Å². The normalized spacial score (nSPS) is 14.9. The van der Waals surface area contributed by atoms with E-state index in [9.17, 15) is 14.4 Å². The Hall–Kier alpha value is -1.28. The second-order valence-corrected chi connectivity index (χ2v) is 22.2. The van der Waals surface area contributed by atoms with Gasteiger partial charge in [-0.15, -0.1) is 0 Å². The number of hydrogen-bond donors (Lipinski definition) is 2. The van der Waals surface area contributed by atoms with Crippen LogP contribution >= 0.6 is 11.8 Å². The van der Waals surface area contributed by atoms with Crippen molar-refractivity contribution in [3.63, 3.8) is 0 Å². The minimum absolute atomic E-state index is 0.0349. The smallest absolute Gasteiger partial charge is 0.306 e. The lowest BCUT2D eigenvalue weighted by Crippen LogP contribution is -2.50. The average molecular weight is 949 g/mol. The van der Waals surface area contributed by atoms with Gasteiger partial charge in [-0.2, -0.15) is 11.8 Å². The summed E-state index contributed by atoms with van der Waals surface area (Å²) in [4.78, 5) is 43.3. The Balaban J connectivity index is 2.72. The molecular formula is C58H113N3O4S. The van der Waals surface area contributed by atoms with E-state index in [4.69, 9.17) is 4.74 Å². The average Bonchev–Trinajstić information content (AvgIpc) is 3.32. The molecule has 0 aliphatic carbocycles. The molecule has 1 aliphatic rings. The van der Waals surface area contributed by atoms with Gasteiger partial charge in [-0.25, -0.2) is 0 Å². The molecule has 2 amide bonds. The highest BCUT2D eigenvalue weighted by atomic mass is 32.2. The van der Waals surface area contributed by atoms with Crippen LogP contribution in [0.3, 0.4) is 0 Å². The van der Waals surface area contributed by atoms with Gasteiger partial charge in [-0.1, -0.05) is 233 Å². The fourth-order valence-corrected chi connectivity index (χ4v) is 10.8. The minimum Gasteiger partial charge on any atom is -0.465 e. The van der Waals surface area contributed by atoms with E-state index >= 15 is 0 Å². The fourth-order valence-electron chi connectivity index (χ4n) is 9.83. The van der Waals surface area contributed by atoms with Crippen LogP contribution in [-0.2, 0) is 19.1 Å². The van der Waals surface area contributed by atoms with Gasteiger partial charge < -0.3 is 20.3 Å². The largest absolute Gasteiger partial charge is 0.465 e. The third-order valence-corrected chi connectivity index (χ3v) is 15.6. The number of unbranched alkanes of at least 4 members (excludes halogenated alkanes) is 28. The Morgan fingerprint density at radius 2 is 0.909 bits per heavy atom. The maximum absolute atomic E-state index is 14.1. The Morgan fingerprint density at radius 3 is 1.33 bits per heavy atom. The predicted octanol–water partition coefficient (Wildman–Crippen LogP) is 16.3. The number of ether oxygens (including phenoxy) is 1. The molecule has 1 saturated heterocycles. The summed E-state index contributed by atoms with van der Waals surface area (Å²) >= 11 is 1.71. The Bertz CT molecular complexity index is 1080. The number of piperidine rings is 1. The summed E-state index contributed by atoms with van der Waals surface area (Å²) in [5, 5.41) is 6.55. The van der Waals surface area contributed by atoms with Gasteiger partial charge >= 0.3 is 5.97 Å². The molecule has 2 N–H and O–H groups in total. The van der Waals surface area contributed by atoms with Crippen LogP contribution in [0.15, 0.2) is 0 Å². The first-order chi connectivity index (χ1) is 32.3. The van der Waals surface area contributed by atoms with E-state index < -0.39 is 6.04 Å². The van der Waals surface area contributed by atoms with Gasteiger partial charge in [0, 0.05) is 18.2 Å². The molecule has 1 rings (SSSR count). The molecule has 0 saturated carbocycles. The maximum Gasteiger partial charge on any atom is 0.306 e. The number of nitrogens with zero attached hydrogens (tertiary/aromatic N) is 1. The van der Waals surface area contributed by atoms with Crippen LogP contribution in [0.4, 0.5) is 0 Å². The third kappa shape index (κ3) is 38.6. The summed E-state index contributed by atoms with van der Waals surface area (Å²) in [6.45, 7) is 12.5. The Morgan fingerprint density at radius 1 is 0.515 bits per heavy atom. The van der Waals surface area contributed by atoms with E-state index in [1.165, 1.54) is 205 Å². The Kier molecular flexibility index (Phi) is 45.1. The zero-order valence-corrected chi connectivity index (χ0v) is 45.6. The third-order valence-electron chi connectivity index (χ3n) is 14.6. The molecule has 0 aromatic carbocycles. The fraction of sp³-hybridized carbons (Fsp3) is 0.948. The van der Waals surface area contributed by atoms with Crippen molar-refractivity contribution in [1.29, 1.82) is 0 Å². The summed E-state index contributed by atoms with van der Waals surface area (Å²) in [5.74, 6) is 2.25. The van der Waals surface area contributed by atoms with Crippen molar-refractivity contribution in [2.45, 2.75) is 291 Å². The minimum atomic E-state index is -0.545. The number of amides is 2. The highest BCUT2D eigenvalue weighted by Gasteiger charge is 2.26. The van der Waals surface area contributed by atoms with Crippen molar-refractivity contribution in [2.24, 2.45) is 17.8 Å². The van der Waals surface area contributed by atoms with E-state index in [1.807, 2.05) is 0 Å². The standard InChI is InChI=1S/C58H113N3O4S/c1-6-10-14-18-22-25-26-28-31-35-39-53(38-34-30-27-23-19-15-11-7-2)51-65-56(62)45-49-66-48-44-55(58(64)59-50-52-42-46-61(5)47-43-52)60-57(63)54(40-36-32-21-17-13-9-4)41-37-33-29-24-20-16-12-8-3/h52-55H,6-51H2,1-5H3,(H,59,64)(H,60,63). The van der Waals surface area contributed by atoms with Crippen molar-refractivity contribution in [3.8, 4) is 0 Å². The molecule has 7 nitrogen and oxygen atoms in total. The number of esters is 1. The lowest BCUT2D eigenvalue weighted by molar-refractivity contribution is -0.144. The van der Waals surface area contributed by atoms with Gasteiger partial charge in [0.15, 0.2) is 0 Å². The summed E-state index contributed by atoms with van der Waals surface area (Å²) in [7, 11) is 2.17. The van der Waals surface area contributed by atoms with Crippen molar-refractivity contribution < 1.29 is 19.1 Å². The number of likely N-dealkylation sites (tertiary alicyclic amines) is 1. The van der Waals surface area contributed by atoms with E-state index in [0.29, 0.717) is 43.6 Å². The predicted molar refractivity (Wildman–Crippen MR) is 289 cm³/mol. The maximum atomic E-state index is 14.1. The molecule has 0 radical (unpaired) electrons. The van der Waals surface area contributed by atoms with Gasteiger partial charge in [0.05, 0.1) is 13.0 Å². The molecule has 0 aromatic rings. The number of carbonyl (C=O) groups excluding carboxylic acids is 3. The zero-order chi connectivity index (χ0) is 48.0. The molecule has 8 heteroatoms. The lowest BCUT2D eigenvalue weighted by atomic mass is 9.92. The van der Waals surface area contributed by atoms with Crippen molar-refractivity contribution in [1.82, 2.24) is 15.5 Å². The molecule has 66 heavy (non-hydrogen) atoms. The van der Waals surface area contributed by atoms with Gasteiger partial charge in [0.1, 0.15) is 6.04 Å². The van der Waals surface area contributed by atoms with Crippen molar-refractivity contribution in [2.75, 3.05) is 44.8 Å². The second-order valence-electron chi connectivity index (χ2n) is 21.0. The Labute approximate surface area is 415 Å². The molecule has 0 bridgehead atoms. The highest BCUT2D eigenvalue weighted by Crippen LogP contribution is 2.23. The number of thioether (sulfide) groups is 1. The monoisotopic (exact) mass is 948 g/mol. The molecule has 0 aromatic heterocycles. The first-order valence-electron chi connectivity index (χ1n) is 29.3. The number of carbonyl (C=O) groups is 3. The molecule has 0 spiro atoms. The summed E-state index contributed by atoms with van der Waals surface area (Å²) in [6, 6.07) is -0.545. The molecule has 1 aliphatic heterocycles. The SMILES string of the molecule is CCCCCCCCCCCCC(CCCCCCCCCC)COC(=O)CCSCCC(NC(=O)C(CCCCCCCC)CCCCCCCCCC)C(=O)NCC1CCN(C)CC1. The van der Waals surface area contributed by atoms with Gasteiger partial charge in [0.2, 0.25) is 11.8 Å². The molecule has 3 unspecified atom stereocenters. The number of rotatable bonds is 49. The van der Waals surface area contributed by atoms with Crippen molar-refractivity contribution >= 4 is 29.5 Å². The molecule has 3 atom stereocenters. The first kappa shape index (κ1) is 62.7. The van der Waals surface area contributed by atoms with Crippen LogP contribution in [-0.4, -0.2) is 73.5 Å². The van der Waals surface area contributed by atoms with Gasteiger partial charge in [-0.05, 0) is 82.7 Å². The number of hydrogen-bond acceptors (Lipinski definition) is 6. The lowest BCUT2D eigenvalue weighted by Gasteiger charge is -2.29. The van der Waals surface area contributed by atoms with Gasteiger partial charge in [0.25, 0.3) is 0 Å². The topological polar surface area (TPSA) is 87.7 Å².